The van der Waals surface area contributed by atoms with Gasteiger partial charge in [0.1, 0.15) is 0 Å². The van der Waals surface area contributed by atoms with Crippen molar-refractivity contribution in [2.75, 3.05) is 20.1 Å². The van der Waals surface area contributed by atoms with Crippen LogP contribution in [0.3, 0.4) is 0 Å². The number of aromatic nitrogens is 1. The predicted molar refractivity (Wildman–Crippen MR) is 100 cm³/mol. The first-order valence-electron chi connectivity index (χ1n) is 8.64. The third-order valence-electron chi connectivity index (χ3n) is 5.03. The maximum atomic E-state index is 12.5. The molecule has 0 atom stereocenters. The third kappa shape index (κ3) is 3.82. The molecule has 136 valence electrons. The first kappa shape index (κ1) is 18.2. The fraction of sp³-hybridized carbons (Fsp3) is 0.556. The van der Waals surface area contributed by atoms with E-state index < -0.39 is 0 Å². The summed E-state index contributed by atoms with van der Waals surface area (Å²) in [5, 5.41) is 0. The molecule has 0 radical (unpaired) electrons. The summed E-state index contributed by atoms with van der Waals surface area (Å²) in [7, 11) is 1.87. The van der Waals surface area contributed by atoms with Gasteiger partial charge in [-0.1, -0.05) is 15.9 Å². The number of halogens is 1. The number of benzene rings is 1. The van der Waals surface area contributed by atoms with Gasteiger partial charge in [-0.05, 0) is 44.9 Å². The van der Waals surface area contributed by atoms with Gasteiger partial charge in [-0.15, -0.1) is 0 Å². The van der Waals surface area contributed by atoms with Crippen LogP contribution in [-0.4, -0.2) is 46.5 Å². The number of hydrogen-bond donors (Lipinski definition) is 0. The maximum Gasteiger partial charge on any atom is 0.421 e. The van der Waals surface area contributed by atoms with Crippen molar-refractivity contribution in [3.63, 3.8) is 0 Å². The van der Waals surface area contributed by atoms with Crippen molar-refractivity contribution in [2.24, 2.45) is 5.92 Å². The summed E-state index contributed by atoms with van der Waals surface area (Å²) in [6, 6.07) is 5.82. The molecule has 1 aliphatic rings. The lowest BCUT2D eigenvalue weighted by Crippen LogP contribution is -2.44. The molecule has 3 rings (SSSR count). The summed E-state index contributed by atoms with van der Waals surface area (Å²) >= 11 is 3.39. The van der Waals surface area contributed by atoms with Gasteiger partial charge in [-0.25, -0.2) is 4.79 Å². The van der Waals surface area contributed by atoms with Crippen LogP contribution in [0.5, 0.6) is 0 Å². The minimum atomic E-state index is -0.342. The number of carbonyl (C=O) groups is 1. The van der Waals surface area contributed by atoms with Gasteiger partial charge in [0.25, 0.3) is 0 Å². The van der Waals surface area contributed by atoms with E-state index in [4.69, 9.17) is 4.42 Å². The van der Waals surface area contributed by atoms with Crippen LogP contribution in [0.4, 0.5) is 0 Å². The fourth-order valence-corrected chi connectivity index (χ4v) is 3.58. The molecule has 0 saturated carbocycles. The van der Waals surface area contributed by atoms with E-state index in [1.54, 1.807) is 10.6 Å². The Morgan fingerprint density at radius 2 is 2.04 bits per heavy atom. The molecule has 0 unspecified atom stereocenters. The number of amides is 1. The Bertz CT molecular complexity index is 819. The van der Waals surface area contributed by atoms with Crippen molar-refractivity contribution in [3.05, 3.63) is 33.2 Å². The number of piperidine rings is 1. The molecule has 1 aromatic carbocycles. The lowest BCUT2D eigenvalue weighted by molar-refractivity contribution is -0.137. The van der Waals surface area contributed by atoms with Crippen molar-refractivity contribution in [1.82, 2.24) is 14.4 Å². The lowest BCUT2D eigenvalue weighted by Gasteiger charge is -2.34. The molecule has 1 saturated heterocycles. The smallest absolute Gasteiger partial charge is 0.408 e. The van der Waals surface area contributed by atoms with E-state index in [-0.39, 0.29) is 23.6 Å². The second kappa shape index (κ2) is 7.33. The molecule has 7 heteroatoms. The van der Waals surface area contributed by atoms with Crippen LogP contribution in [-0.2, 0) is 11.5 Å². The summed E-state index contributed by atoms with van der Waals surface area (Å²) in [4.78, 5) is 28.6. The molecular formula is C18H24BrN3O3. The summed E-state index contributed by atoms with van der Waals surface area (Å²) in [6.07, 6.45) is 1.65. The van der Waals surface area contributed by atoms with Gasteiger partial charge in [0.2, 0.25) is 5.91 Å². The van der Waals surface area contributed by atoms with Crippen molar-refractivity contribution < 1.29 is 9.21 Å². The van der Waals surface area contributed by atoms with Gasteiger partial charge < -0.3 is 9.32 Å². The summed E-state index contributed by atoms with van der Waals surface area (Å²) in [5.74, 6) is -0.0336. The molecule has 0 N–H and O–H groups in total. The van der Waals surface area contributed by atoms with Gasteiger partial charge in [0.05, 0.1) is 12.2 Å². The van der Waals surface area contributed by atoms with E-state index in [1.807, 2.05) is 37.9 Å². The Hall–Kier alpha value is -1.60. The highest BCUT2D eigenvalue weighted by atomic mass is 79.9. The molecule has 1 aromatic heterocycles. The zero-order valence-corrected chi connectivity index (χ0v) is 16.5. The summed E-state index contributed by atoms with van der Waals surface area (Å²) in [5.41, 5.74) is 1.38. The lowest BCUT2D eigenvalue weighted by atomic mass is 9.95. The second-order valence-electron chi connectivity index (χ2n) is 6.98. The summed E-state index contributed by atoms with van der Waals surface area (Å²) < 4.78 is 7.87. The highest BCUT2D eigenvalue weighted by molar-refractivity contribution is 9.10. The highest BCUT2D eigenvalue weighted by Crippen LogP contribution is 2.22. The Kier molecular flexibility index (Phi) is 5.34. The number of nitrogens with zero attached hydrogens (tertiary/aromatic N) is 3. The molecule has 2 aromatic rings. The third-order valence-corrected chi connectivity index (χ3v) is 5.52. The van der Waals surface area contributed by atoms with Crippen LogP contribution < -0.4 is 5.76 Å². The molecule has 0 spiro atoms. The number of likely N-dealkylation sites (tertiary alicyclic amines) is 1. The molecule has 25 heavy (non-hydrogen) atoms. The SMILES string of the molecule is CC(C)N(C)C(=O)C1CCN(Cn2c(=O)oc3cc(Br)ccc32)CC1. The van der Waals surface area contributed by atoms with Crippen molar-refractivity contribution >= 4 is 32.9 Å². The first-order chi connectivity index (χ1) is 11.9. The molecule has 2 heterocycles. The minimum absolute atomic E-state index is 0.0809. The molecule has 1 amide bonds. The van der Waals surface area contributed by atoms with Crippen LogP contribution >= 0.6 is 15.9 Å². The molecule has 0 aliphatic carbocycles. The summed E-state index contributed by atoms with van der Waals surface area (Å²) in [6.45, 7) is 6.16. The van der Waals surface area contributed by atoms with Crippen molar-refractivity contribution in [2.45, 2.75) is 39.4 Å². The van der Waals surface area contributed by atoms with Crippen molar-refractivity contribution in [1.29, 1.82) is 0 Å². The zero-order valence-electron chi connectivity index (χ0n) is 14.9. The van der Waals surface area contributed by atoms with Crippen LogP contribution in [0.2, 0.25) is 0 Å². The highest BCUT2D eigenvalue weighted by Gasteiger charge is 2.28. The topological polar surface area (TPSA) is 58.7 Å². The Morgan fingerprint density at radius 1 is 1.36 bits per heavy atom. The fourth-order valence-electron chi connectivity index (χ4n) is 3.24. The number of rotatable bonds is 4. The minimum Gasteiger partial charge on any atom is -0.408 e. The van der Waals surface area contributed by atoms with E-state index in [2.05, 4.69) is 20.8 Å². The normalized spacial score (nSPS) is 16.7. The van der Waals surface area contributed by atoms with Gasteiger partial charge in [-0.2, -0.15) is 0 Å². The molecule has 1 aliphatic heterocycles. The van der Waals surface area contributed by atoms with Gasteiger partial charge >= 0.3 is 5.76 Å². The zero-order chi connectivity index (χ0) is 18.1. The van der Waals surface area contributed by atoms with Gasteiger partial charge in [-0.3, -0.25) is 14.3 Å². The van der Waals surface area contributed by atoms with Crippen LogP contribution in [0.15, 0.2) is 31.9 Å². The van der Waals surface area contributed by atoms with Crippen LogP contribution in [0, 0.1) is 5.92 Å². The number of hydrogen-bond acceptors (Lipinski definition) is 4. The van der Waals surface area contributed by atoms with E-state index in [0.717, 1.165) is 35.9 Å². The molecule has 6 nitrogen and oxygen atoms in total. The quantitative estimate of drug-likeness (QED) is 0.778. The molecule has 0 bridgehead atoms. The molecular weight excluding hydrogens is 386 g/mol. The van der Waals surface area contributed by atoms with E-state index in [1.165, 1.54) is 0 Å². The predicted octanol–water partition coefficient (Wildman–Crippen LogP) is 2.89. The van der Waals surface area contributed by atoms with Crippen molar-refractivity contribution in [3.8, 4) is 0 Å². The van der Waals surface area contributed by atoms with Crippen LogP contribution in [0.1, 0.15) is 26.7 Å². The monoisotopic (exact) mass is 409 g/mol. The number of fused-ring (bicyclic) bond motifs is 1. The number of carbonyl (C=O) groups excluding carboxylic acids is 1. The molecule has 1 fully saturated rings. The Labute approximate surface area is 155 Å². The average molecular weight is 410 g/mol. The Morgan fingerprint density at radius 3 is 2.68 bits per heavy atom. The second-order valence-corrected chi connectivity index (χ2v) is 7.90. The Balaban J connectivity index is 1.66. The maximum absolute atomic E-state index is 12.5. The van der Waals surface area contributed by atoms with E-state index in [0.29, 0.717) is 12.3 Å². The van der Waals surface area contributed by atoms with Crippen LogP contribution in [0.25, 0.3) is 11.1 Å². The van der Waals surface area contributed by atoms with Gasteiger partial charge in [0, 0.05) is 36.6 Å². The first-order valence-corrected chi connectivity index (χ1v) is 9.44. The largest absolute Gasteiger partial charge is 0.421 e. The average Bonchev–Trinajstić information content (AvgIpc) is 2.88. The van der Waals surface area contributed by atoms with E-state index >= 15 is 0 Å². The standard InChI is InChI=1S/C18H24BrN3O3/c1-12(2)20(3)17(23)13-6-8-21(9-7-13)11-22-15-5-4-14(19)10-16(15)25-18(22)24/h4-5,10,12-13H,6-9,11H2,1-3H3. The van der Waals surface area contributed by atoms with E-state index in [9.17, 15) is 9.59 Å². The van der Waals surface area contributed by atoms with Gasteiger partial charge in [0.15, 0.2) is 5.58 Å². The number of oxazole rings is 1.